The molecule has 3 atom stereocenters. The summed E-state index contributed by atoms with van der Waals surface area (Å²) >= 11 is 5.57. The predicted molar refractivity (Wildman–Crippen MR) is 147 cm³/mol. The Morgan fingerprint density at radius 2 is 1.63 bits per heavy atom. The monoisotopic (exact) mass is 615 g/mol. The molecule has 3 aliphatic heterocycles. The average molecular weight is 617 g/mol. The summed E-state index contributed by atoms with van der Waals surface area (Å²) in [5.74, 6) is -2.64. The standard InChI is InChI=1S/C27H23BrFN3O4S2/c28-16-6-10-18(11-7-16)32-24(34)21-20(15-4-8-17(29)9-5-15)23-26(37-22(21)25(32)35)31(27(36)38-23)14-19(33)30-12-2-1-3-13-30/h4-11,20-22H,1-3,12-14H2/t20-,21?,22?/m0/s1. The molecule has 0 aliphatic carbocycles. The second-order valence-corrected chi connectivity index (χ2v) is 12.7. The second-order valence-electron chi connectivity index (χ2n) is 9.65. The quantitative estimate of drug-likeness (QED) is 0.400. The number of hydrogen-bond acceptors (Lipinski definition) is 6. The Kier molecular flexibility index (Phi) is 6.77. The molecule has 3 aromatic rings. The number of fused-ring (bicyclic) bond motifs is 2. The number of aromatic nitrogens is 1. The zero-order valence-electron chi connectivity index (χ0n) is 20.1. The van der Waals surface area contributed by atoms with E-state index < -0.39 is 22.9 Å². The minimum Gasteiger partial charge on any atom is -0.341 e. The molecule has 2 unspecified atom stereocenters. The van der Waals surface area contributed by atoms with Gasteiger partial charge in [0.15, 0.2) is 0 Å². The van der Waals surface area contributed by atoms with Crippen molar-refractivity contribution >= 4 is 62.4 Å². The summed E-state index contributed by atoms with van der Waals surface area (Å²) in [5, 5.41) is -0.237. The number of piperidine rings is 1. The molecule has 0 radical (unpaired) electrons. The van der Waals surface area contributed by atoms with Gasteiger partial charge in [0.1, 0.15) is 17.6 Å². The highest BCUT2D eigenvalue weighted by Gasteiger charge is 2.56. The van der Waals surface area contributed by atoms with Gasteiger partial charge in [0, 0.05) is 28.4 Å². The third-order valence-corrected chi connectivity index (χ3v) is 10.5. The van der Waals surface area contributed by atoms with Crippen LogP contribution in [0.15, 0.2) is 62.8 Å². The van der Waals surface area contributed by atoms with Crippen molar-refractivity contribution in [3.63, 3.8) is 0 Å². The summed E-state index contributed by atoms with van der Waals surface area (Å²) in [6.45, 7) is 1.24. The van der Waals surface area contributed by atoms with E-state index in [1.165, 1.54) is 33.4 Å². The Hall–Kier alpha value is -2.76. The van der Waals surface area contributed by atoms with Gasteiger partial charge in [0.2, 0.25) is 17.7 Å². The van der Waals surface area contributed by atoms with Crippen LogP contribution in [-0.2, 0) is 20.9 Å². The fraction of sp³-hybridized carbons (Fsp3) is 0.333. The van der Waals surface area contributed by atoms with Gasteiger partial charge in [-0.05, 0) is 61.2 Å². The van der Waals surface area contributed by atoms with E-state index in [1.807, 2.05) is 0 Å². The highest BCUT2D eigenvalue weighted by atomic mass is 79.9. The third-order valence-electron chi connectivity index (χ3n) is 7.37. The van der Waals surface area contributed by atoms with Crippen molar-refractivity contribution in [2.45, 2.75) is 42.0 Å². The van der Waals surface area contributed by atoms with Gasteiger partial charge in [-0.15, -0.1) is 0 Å². The molecule has 38 heavy (non-hydrogen) atoms. The Morgan fingerprint density at radius 3 is 2.32 bits per heavy atom. The first kappa shape index (κ1) is 25.5. The minimum atomic E-state index is -0.779. The van der Waals surface area contributed by atoms with Crippen LogP contribution in [0.5, 0.6) is 0 Å². The van der Waals surface area contributed by atoms with Crippen LogP contribution >= 0.6 is 39.0 Å². The molecule has 11 heteroatoms. The van der Waals surface area contributed by atoms with E-state index in [0.717, 1.165) is 35.1 Å². The molecule has 1 aromatic heterocycles. The zero-order valence-corrected chi connectivity index (χ0v) is 23.4. The lowest BCUT2D eigenvalue weighted by Gasteiger charge is -2.31. The van der Waals surface area contributed by atoms with Crippen LogP contribution in [0.2, 0.25) is 0 Å². The lowest BCUT2D eigenvalue weighted by atomic mass is 9.83. The molecule has 0 spiro atoms. The van der Waals surface area contributed by atoms with Crippen LogP contribution in [0, 0.1) is 11.7 Å². The number of carbonyl (C=O) groups excluding carboxylic acids is 3. The summed E-state index contributed by atoms with van der Waals surface area (Å²) in [6, 6.07) is 12.8. The molecule has 3 aliphatic rings. The molecular weight excluding hydrogens is 593 g/mol. The van der Waals surface area contributed by atoms with Crippen molar-refractivity contribution in [3.05, 3.63) is 78.9 Å². The smallest absolute Gasteiger partial charge is 0.308 e. The Morgan fingerprint density at radius 1 is 0.947 bits per heavy atom. The number of nitrogens with zero attached hydrogens (tertiary/aromatic N) is 3. The Bertz CT molecular complexity index is 1480. The zero-order chi connectivity index (χ0) is 26.6. The molecule has 2 saturated heterocycles. The molecule has 6 rings (SSSR count). The average Bonchev–Trinajstić information content (AvgIpc) is 3.36. The van der Waals surface area contributed by atoms with E-state index in [4.69, 9.17) is 0 Å². The summed E-state index contributed by atoms with van der Waals surface area (Å²) in [7, 11) is 0. The number of carbonyl (C=O) groups is 3. The second kappa shape index (κ2) is 10.1. The first-order valence-electron chi connectivity index (χ1n) is 12.4. The van der Waals surface area contributed by atoms with E-state index in [1.54, 1.807) is 41.3 Å². The normalized spacial score (nSPS) is 22.9. The number of amides is 3. The predicted octanol–water partition coefficient (Wildman–Crippen LogP) is 4.62. The number of imide groups is 1. The maximum absolute atomic E-state index is 13.8. The van der Waals surface area contributed by atoms with E-state index in [0.29, 0.717) is 34.2 Å². The first-order chi connectivity index (χ1) is 18.3. The SMILES string of the molecule is O=C(Cn1c2c(sc1=O)[C@@H](c1ccc(F)cc1)C1C(=O)N(c3ccc(Br)cc3)C(=O)C1S2)N1CCCCC1. The van der Waals surface area contributed by atoms with Gasteiger partial charge >= 0.3 is 4.87 Å². The lowest BCUT2D eigenvalue weighted by Crippen LogP contribution is -2.39. The fourth-order valence-electron chi connectivity index (χ4n) is 5.51. The Labute approximate surface area is 234 Å². The van der Waals surface area contributed by atoms with E-state index >= 15 is 0 Å². The molecule has 2 aromatic carbocycles. The third kappa shape index (κ3) is 4.34. The van der Waals surface area contributed by atoms with Gasteiger partial charge in [-0.1, -0.05) is 51.2 Å². The van der Waals surface area contributed by atoms with Crippen molar-refractivity contribution in [1.29, 1.82) is 0 Å². The summed E-state index contributed by atoms with van der Waals surface area (Å²) in [6.07, 6.45) is 2.97. The topological polar surface area (TPSA) is 79.7 Å². The molecule has 3 amide bonds. The van der Waals surface area contributed by atoms with Crippen molar-refractivity contribution in [2.24, 2.45) is 5.92 Å². The number of thioether (sulfide) groups is 1. The van der Waals surface area contributed by atoms with Gasteiger partial charge in [-0.25, -0.2) is 9.29 Å². The van der Waals surface area contributed by atoms with E-state index in [-0.39, 0.29) is 29.1 Å². The van der Waals surface area contributed by atoms with Gasteiger partial charge in [-0.2, -0.15) is 0 Å². The van der Waals surface area contributed by atoms with Crippen molar-refractivity contribution in [1.82, 2.24) is 9.47 Å². The van der Waals surface area contributed by atoms with Crippen molar-refractivity contribution in [3.8, 4) is 0 Å². The molecule has 0 N–H and O–H groups in total. The maximum Gasteiger partial charge on any atom is 0.308 e. The largest absolute Gasteiger partial charge is 0.341 e. The molecule has 196 valence electrons. The molecule has 4 heterocycles. The van der Waals surface area contributed by atoms with Gasteiger partial charge in [0.25, 0.3) is 0 Å². The van der Waals surface area contributed by atoms with Crippen LogP contribution in [0.3, 0.4) is 0 Å². The molecule has 0 saturated carbocycles. The minimum absolute atomic E-state index is 0.107. The maximum atomic E-state index is 13.8. The summed E-state index contributed by atoms with van der Waals surface area (Å²) in [5.41, 5.74) is 1.12. The number of hydrogen-bond donors (Lipinski definition) is 0. The van der Waals surface area contributed by atoms with Crippen molar-refractivity contribution < 1.29 is 18.8 Å². The number of likely N-dealkylation sites (tertiary alicyclic amines) is 1. The summed E-state index contributed by atoms with van der Waals surface area (Å²) in [4.78, 5) is 57.2. The summed E-state index contributed by atoms with van der Waals surface area (Å²) < 4.78 is 16.1. The van der Waals surface area contributed by atoms with Crippen LogP contribution < -0.4 is 9.77 Å². The van der Waals surface area contributed by atoms with Gasteiger partial charge in [-0.3, -0.25) is 23.7 Å². The first-order valence-corrected chi connectivity index (χ1v) is 14.9. The van der Waals surface area contributed by atoms with E-state index in [9.17, 15) is 23.6 Å². The highest BCUT2D eigenvalue weighted by molar-refractivity contribution is 9.10. The van der Waals surface area contributed by atoms with Gasteiger partial charge < -0.3 is 4.90 Å². The van der Waals surface area contributed by atoms with Crippen LogP contribution in [-0.4, -0.2) is 45.5 Å². The van der Waals surface area contributed by atoms with Gasteiger partial charge in [0.05, 0.1) is 16.6 Å². The number of thiazole rings is 1. The Balaban J connectivity index is 1.43. The number of benzene rings is 2. The molecular formula is C27H23BrFN3O4S2. The van der Waals surface area contributed by atoms with Crippen LogP contribution in [0.25, 0.3) is 0 Å². The highest BCUT2D eigenvalue weighted by Crippen LogP contribution is 2.53. The number of rotatable bonds is 4. The molecule has 0 bridgehead atoms. The number of halogens is 2. The lowest BCUT2D eigenvalue weighted by molar-refractivity contribution is -0.133. The fourth-order valence-corrected chi connectivity index (χ4v) is 8.55. The van der Waals surface area contributed by atoms with Crippen LogP contribution in [0.4, 0.5) is 10.1 Å². The molecule has 7 nitrogen and oxygen atoms in total. The number of anilines is 1. The van der Waals surface area contributed by atoms with Crippen molar-refractivity contribution in [2.75, 3.05) is 18.0 Å². The van der Waals surface area contributed by atoms with Crippen LogP contribution in [0.1, 0.15) is 35.6 Å². The molecule has 2 fully saturated rings. The van der Waals surface area contributed by atoms with E-state index in [2.05, 4.69) is 15.9 Å².